The maximum absolute atomic E-state index is 12.9. The molecule has 0 spiro atoms. The average molecular weight is 358 g/mol. The monoisotopic (exact) mass is 358 g/mol. The summed E-state index contributed by atoms with van der Waals surface area (Å²) in [5.74, 6) is 0.168. The van der Waals surface area contributed by atoms with E-state index in [1.165, 1.54) is 6.42 Å². The number of ether oxygens (including phenoxy) is 1. The van der Waals surface area contributed by atoms with Gasteiger partial charge in [-0.3, -0.25) is 9.59 Å². The van der Waals surface area contributed by atoms with Gasteiger partial charge in [0.15, 0.2) is 0 Å². The highest BCUT2D eigenvalue weighted by molar-refractivity contribution is 5.97. The Bertz CT molecular complexity index is 665. The van der Waals surface area contributed by atoms with Crippen LogP contribution >= 0.6 is 0 Å². The molecule has 0 bridgehead atoms. The number of nitrogens with zero attached hydrogens (tertiary/aromatic N) is 1. The largest absolute Gasteiger partial charge is 0.369 e. The van der Waals surface area contributed by atoms with Gasteiger partial charge in [0.05, 0.1) is 11.7 Å². The van der Waals surface area contributed by atoms with Crippen molar-refractivity contribution in [3.8, 4) is 0 Å². The van der Waals surface area contributed by atoms with Gasteiger partial charge in [0.1, 0.15) is 0 Å². The van der Waals surface area contributed by atoms with Crippen molar-refractivity contribution in [1.82, 2.24) is 4.90 Å². The summed E-state index contributed by atoms with van der Waals surface area (Å²) >= 11 is 0. The van der Waals surface area contributed by atoms with Crippen molar-refractivity contribution in [3.63, 3.8) is 0 Å². The lowest BCUT2D eigenvalue weighted by Gasteiger charge is -2.41. The van der Waals surface area contributed by atoms with Gasteiger partial charge in [0.2, 0.25) is 5.91 Å². The second kappa shape index (κ2) is 7.78. The van der Waals surface area contributed by atoms with E-state index in [1.807, 2.05) is 43.9 Å². The summed E-state index contributed by atoms with van der Waals surface area (Å²) in [6, 6.07) is 7.28. The fourth-order valence-corrected chi connectivity index (χ4v) is 4.13. The highest BCUT2D eigenvalue weighted by Crippen LogP contribution is 2.26. The molecule has 2 fully saturated rings. The van der Waals surface area contributed by atoms with Crippen LogP contribution in [0.5, 0.6) is 0 Å². The zero-order valence-corrected chi connectivity index (χ0v) is 16.1. The van der Waals surface area contributed by atoms with Crippen LogP contribution in [0.15, 0.2) is 24.3 Å². The number of nitrogens with one attached hydrogen (secondary N) is 1. The number of carbonyl (C=O) groups excluding carboxylic acids is 2. The third-order valence-corrected chi connectivity index (χ3v) is 5.21. The highest BCUT2D eigenvalue weighted by atomic mass is 16.5. The molecule has 1 aromatic rings. The van der Waals surface area contributed by atoms with Gasteiger partial charge in [-0.05, 0) is 51.8 Å². The van der Waals surface area contributed by atoms with Crippen LogP contribution < -0.4 is 5.32 Å². The molecule has 1 saturated heterocycles. The first-order chi connectivity index (χ1) is 12.3. The second-order valence-corrected chi connectivity index (χ2v) is 8.28. The van der Waals surface area contributed by atoms with E-state index < -0.39 is 0 Å². The predicted molar refractivity (Wildman–Crippen MR) is 102 cm³/mol. The molecule has 0 aromatic heterocycles. The van der Waals surface area contributed by atoms with E-state index in [1.54, 1.807) is 6.07 Å². The molecule has 0 radical (unpaired) electrons. The standard InChI is InChI=1S/C21H30N2O3/c1-15-13-23(14-21(2,3)26-15)20(25)17-10-7-11-18(12-17)22-19(24)16-8-5-4-6-9-16/h7,10-12,15-16H,4-6,8-9,13-14H2,1-3H3,(H,22,24). The number of carbonyl (C=O) groups is 2. The third kappa shape index (κ3) is 4.64. The van der Waals surface area contributed by atoms with Gasteiger partial charge < -0.3 is 15.0 Å². The third-order valence-electron chi connectivity index (χ3n) is 5.21. The summed E-state index contributed by atoms with van der Waals surface area (Å²) in [5, 5.41) is 3.00. The van der Waals surface area contributed by atoms with Gasteiger partial charge in [-0.2, -0.15) is 0 Å². The second-order valence-electron chi connectivity index (χ2n) is 8.28. The molecule has 2 aliphatic rings. The smallest absolute Gasteiger partial charge is 0.254 e. The number of hydrogen-bond acceptors (Lipinski definition) is 3. The molecule has 1 aliphatic carbocycles. The van der Waals surface area contributed by atoms with E-state index in [0.717, 1.165) is 25.7 Å². The van der Waals surface area contributed by atoms with Gasteiger partial charge in [-0.1, -0.05) is 25.3 Å². The summed E-state index contributed by atoms with van der Waals surface area (Å²) in [4.78, 5) is 27.2. The lowest BCUT2D eigenvalue weighted by atomic mass is 9.88. The Labute approximate surface area is 156 Å². The molecule has 1 atom stereocenters. The number of morpholine rings is 1. The van der Waals surface area contributed by atoms with E-state index in [0.29, 0.717) is 24.3 Å². The lowest BCUT2D eigenvalue weighted by molar-refractivity contribution is -0.120. The van der Waals surface area contributed by atoms with Crippen LogP contribution in [0.4, 0.5) is 5.69 Å². The molecule has 1 saturated carbocycles. The van der Waals surface area contributed by atoms with Crippen molar-refractivity contribution in [1.29, 1.82) is 0 Å². The number of benzene rings is 1. The summed E-state index contributed by atoms with van der Waals surface area (Å²) in [7, 11) is 0. The summed E-state index contributed by atoms with van der Waals surface area (Å²) in [5.41, 5.74) is 0.962. The Morgan fingerprint density at radius 3 is 2.62 bits per heavy atom. The minimum Gasteiger partial charge on any atom is -0.369 e. The van der Waals surface area contributed by atoms with Crippen LogP contribution in [-0.2, 0) is 9.53 Å². The Kier molecular flexibility index (Phi) is 5.66. The number of anilines is 1. The molecule has 1 unspecified atom stereocenters. The fourth-order valence-electron chi connectivity index (χ4n) is 4.13. The van der Waals surface area contributed by atoms with Crippen molar-refractivity contribution in [2.75, 3.05) is 18.4 Å². The lowest BCUT2D eigenvalue weighted by Crippen LogP contribution is -2.53. The van der Waals surface area contributed by atoms with Crippen molar-refractivity contribution in [2.45, 2.75) is 64.6 Å². The van der Waals surface area contributed by atoms with Crippen LogP contribution in [0.1, 0.15) is 63.2 Å². The number of amides is 2. The summed E-state index contributed by atoms with van der Waals surface area (Å²) in [6.07, 6.45) is 5.42. The van der Waals surface area contributed by atoms with Gasteiger partial charge >= 0.3 is 0 Å². The van der Waals surface area contributed by atoms with E-state index in [4.69, 9.17) is 4.74 Å². The maximum Gasteiger partial charge on any atom is 0.254 e. The Morgan fingerprint density at radius 1 is 1.19 bits per heavy atom. The molecule has 5 heteroatoms. The van der Waals surface area contributed by atoms with E-state index in [-0.39, 0.29) is 29.4 Å². The maximum atomic E-state index is 12.9. The van der Waals surface area contributed by atoms with Gasteiger partial charge in [-0.25, -0.2) is 0 Å². The molecule has 5 nitrogen and oxygen atoms in total. The van der Waals surface area contributed by atoms with Gasteiger partial charge in [0.25, 0.3) is 5.91 Å². The van der Waals surface area contributed by atoms with E-state index in [2.05, 4.69) is 5.32 Å². The van der Waals surface area contributed by atoms with Crippen LogP contribution in [0.2, 0.25) is 0 Å². The Balaban J connectivity index is 1.68. The zero-order valence-electron chi connectivity index (χ0n) is 16.1. The first-order valence-corrected chi connectivity index (χ1v) is 9.72. The average Bonchev–Trinajstić information content (AvgIpc) is 2.60. The Morgan fingerprint density at radius 2 is 1.92 bits per heavy atom. The fraction of sp³-hybridized carbons (Fsp3) is 0.619. The normalized spacial score (nSPS) is 23.5. The Hall–Kier alpha value is -1.88. The predicted octanol–water partition coefficient (Wildman–Crippen LogP) is 3.84. The molecule has 3 rings (SSSR count). The first-order valence-electron chi connectivity index (χ1n) is 9.72. The minimum absolute atomic E-state index is 0.0110. The molecule has 1 aliphatic heterocycles. The molecular formula is C21H30N2O3. The first kappa shape index (κ1) is 18.9. The van der Waals surface area contributed by atoms with Crippen molar-refractivity contribution in [2.24, 2.45) is 5.92 Å². The van der Waals surface area contributed by atoms with Crippen LogP contribution in [0, 0.1) is 5.92 Å². The van der Waals surface area contributed by atoms with Crippen LogP contribution in [-0.4, -0.2) is 41.5 Å². The molecule has 142 valence electrons. The van der Waals surface area contributed by atoms with Gasteiger partial charge in [0, 0.05) is 30.3 Å². The molecule has 1 N–H and O–H groups in total. The minimum atomic E-state index is -0.347. The molecule has 1 aromatic carbocycles. The van der Waals surface area contributed by atoms with Crippen molar-refractivity contribution in [3.05, 3.63) is 29.8 Å². The molecule has 1 heterocycles. The SMILES string of the molecule is CC1CN(C(=O)c2cccc(NC(=O)C3CCCCC3)c2)CC(C)(C)O1. The summed E-state index contributed by atoms with van der Waals surface area (Å²) in [6.45, 7) is 7.14. The summed E-state index contributed by atoms with van der Waals surface area (Å²) < 4.78 is 5.88. The van der Waals surface area contributed by atoms with E-state index >= 15 is 0 Å². The zero-order chi connectivity index (χ0) is 18.7. The van der Waals surface area contributed by atoms with Crippen molar-refractivity contribution >= 4 is 17.5 Å². The molecule has 2 amide bonds. The van der Waals surface area contributed by atoms with Crippen LogP contribution in [0.25, 0.3) is 0 Å². The van der Waals surface area contributed by atoms with Gasteiger partial charge in [-0.15, -0.1) is 0 Å². The topological polar surface area (TPSA) is 58.6 Å². The van der Waals surface area contributed by atoms with Crippen LogP contribution in [0.3, 0.4) is 0 Å². The number of rotatable bonds is 3. The molecule has 26 heavy (non-hydrogen) atoms. The molecular weight excluding hydrogens is 328 g/mol. The van der Waals surface area contributed by atoms with Crippen molar-refractivity contribution < 1.29 is 14.3 Å². The quantitative estimate of drug-likeness (QED) is 0.893. The number of hydrogen-bond donors (Lipinski definition) is 1. The van der Waals surface area contributed by atoms with E-state index in [9.17, 15) is 9.59 Å². The highest BCUT2D eigenvalue weighted by Gasteiger charge is 2.34.